The lowest BCUT2D eigenvalue weighted by Crippen LogP contribution is -1.93. The van der Waals surface area contributed by atoms with Gasteiger partial charge in [-0.05, 0) is 52.1 Å². The molecular weight excluding hydrogens is 633 g/mol. The normalized spacial score (nSPS) is 11.1. The van der Waals surface area contributed by atoms with Gasteiger partial charge < -0.3 is 0 Å². The zero-order valence-electron chi connectivity index (χ0n) is 28.3. The monoisotopic (exact) mass is 664 g/mol. The first-order valence-electron chi connectivity index (χ1n) is 17.4. The standard InChI is InChI=1S/2C24H16N2/c1-3-8-17(9-4-1)21-16-20-14-13-19-12-7-15-25-23(19)24(20)26-22(21)18-10-5-2-6-11-18;1-3-7-17(8-4-1)19-13-15-25-23-21(19)11-12-22-20(14-16-26-24(22)23)18-9-5-2-6-10-18/h2*1-16H. The van der Waals surface area contributed by atoms with Crippen molar-refractivity contribution in [3.63, 3.8) is 0 Å². The molecule has 10 rings (SSSR count). The molecule has 4 nitrogen and oxygen atoms in total. The molecule has 0 aliphatic rings. The van der Waals surface area contributed by atoms with Crippen LogP contribution < -0.4 is 0 Å². The van der Waals surface area contributed by atoms with Crippen LogP contribution in [0.15, 0.2) is 195 Å². The Balaban J connectivity index is 0.000000138. The van der Waals surface area contributed by atoms with Crippen molar-refractivity contribution in [2.45, 2.75) is 0 Å². The Morgan fingerprint density at radius 2 is 0.750 bits per heavy atom. The fourth-order valence-electron chi connectivity index (χ4n) is 7.00. The van der Waals surface area contributed by atoms with E-state index in [1.807, 2.05) is 48.9 Å². The van der Waals surface area contributed by atoms with Gasteiger partial charge in [0.15, 0.2) is 0 Å². The first kappa shape index (κ1) is 31.0. The Morgan fingerprint density at radius 3 is 1.29 bits per heavy atom. The Labute approximate surface area is 301 Å². The fourth-order valence-corrected chi connectivity index (χ4v) is 7.00. The van der Waals surface area contributed by atoms with Crippen LogP contribution >= 0.6 is 0 Å². The SMILES string of the molecule is c1ccc(-c2cc3ccc4cccnc4c3nc2-c2ccccc2)cc1.c1ccc(-c2ccnc3c2ccc2c(-c4ccccc4)ccnc23)cc1. The summed E-state index contributed by atoms with van der Waals surface area (Å²) >= 11 is 0. The van der Waals surface area contributed by atoms with E-state index in [2.05, 4.69) is 161 Å². The minimum Gasteiger partial charge on any atom is -0.254 e. The minimum absolute atomic E-state index is 0.946. The predicted molar refractivity (Wildman–Crippen MR) is 216 cm³/mol. The molecule has 0 N–H and O–H groups in total. The third-order valence-corrected chi connectivity index (χ3v) is 9.48. The quantitative estimate of drug-likeness (QED) is 0.176. The van der Waals surface area contributed by atoms with Crippen LogP contribution in [0.3, 0.4) is 0 Å². The summed E-state index contributed by atoms with van der Waals surface area (Å²) in [7, 11) is 0. The van der Waals surface area contributed by atoms with Gasteiger partial charge in [-0.2, -0.15) is 0 Å². The van der Waals surface area contributed by atoms with Crippen molar-refractivity contribution < 1.29 is 0 Å². The molecule has 6 aromatic carbocycles. The molecule has 10 aromatic rings. The lowest BCUT2D eigenvalue weighted by atomic mass is 9.97. The summed E-state index contributed by atoms with van der Waals surface area (Å²) in [6, 6.07) is 60.7. The second-order valence-corrected chi connectivity index (χ2v) is 12.6. The van der Waals surface area contributed by atoms with Crippen molar-refractivity contribution in [1.29, 1.82) is 0 Å². The van der Waals surface area contributed by atoms with Gasteiger partial charge in [0.25, 0.3) is 0 Å². The first-order chi connectivity index (χ1) is 25.8. The second kappa shape index (κ2) is 13.7. The molecular formula is C48H32N4. The molecule has 0 aliphatic heterocycles. The topological polar surface area (TPSA) is 51.6 Å². The lowest BCUT2D eigenvalue weighted by Gasteiger charge is -2.12. The molecule has 0 saturated heterocycles. The number of benzene rings is 6. The van der Waals surface area contributed by atoms with Gasteiger partial charge in [-0.3, -0.25) is 15.0 Å². The van der Waals surface area contributed by atoms with Gasteiger partial charge in [-0.25, -0.2) is 4.98 Å². The molecule has 0 spiro atoms. The summed E-state index contributed by atoms with van der Waals surface area (Å²) in [5.74, 6) is 0. The maximum absolute atomic E-state index is 5.09. The van der Waals surface area contributed by atoms with E-state index in [1.165, 1.54) is 27.8 Å². The van der Waals surface area contributed by atoms with Gasteiger partial charge in [0.05, 0.1) is 27.8 Å². The summed E-state index contributed by atoms with van der Waals surface area (Å²) in [6.07, 6.45) is 5.58. The average molecular weight is 665 g/mol. The first-order valence-corrected chi connectivity index (χ1v) is 17.4. The number of rotatable bonds is 4. The Kier molecular flexibility index (Phi) is 8.16. The third kappa shape index (κ3) is 5.82. The molecule has 244 valence electrons. The molecule has 0 saturated carbocycles. The largest absolute Gasteiger partial charge is 0.254 e. The second-order valence-electron chi connectivity index (χ2n) is 12.6. The van der Waals surface area contributed by atoms with Gasteiger partial charge in [0.1, 0.15) is 0 Å². The number of nitrogens with zero attached hydrogens (tertiary/aromatic N) is 4. The lowest BCUT2D eigenvalue weighted by molar-refractivity contribution is 1.37. The van der Waals surface area contributed by atoms with E-state index in [0.717, 1.165) is 60.4 Å². The number of fused-ring (bicyclic) bond motifs is 6. The van der Waals surface area contributed by atoms with Crippen LogP contribution in [0.1, 0.15) is 0 Å². The van der Waals surface area contributed by atoms with E-state index in [1.54, 1.807) is 0 Å². The van der Waals surface area contributed by atoms with Crippen molar-refractivity contribution in [3.8, 4) is 44.6 Å². The highest BCUT2D eigenvalue weighted by atomic mass is 14.8. The molecule has 4 aromatic heterocycles. The van der Waals surface area contributed by atoms with Gasteiger partial charge in [-0.15, -0.1) is 0 Å². The van der Waals surface area contributed by atoms with Gasteiger partial charge in [-0.1, -0.05) is 152 Å². The number of aromatic nitrogens is 4. The van der Waals surface area contributed by atoms with E-state index in [4.69, 9.17) is 4.98 Å². The molecule has 0 atom stereocenters. The Bertz CT molecular complexity index is 2720. The van der Waals surface area contributed by atoms with Crippen molar-refractivity contribution >= 4 is 43.6 Å². The minimum atomic E-state index is 0.946. The zero-order valence-corrected chi connectivity index (χ0v) is 28.3. The maximum atomic E-state index is 5.09. The molecule has 0 aliphatic carbocycles. The van der Waals surface area contributed by atoms with Gasteiger partial charge in [0, 0.05) is 51.3 Å². The highest BCUT2D eigenvalue weighted by Crippen LogP contribution is 2.36. The molecule has 0 amide bonds. The van der Waals surface area contributed by atoms with E-state index >= 15 is 0 Å². The highest BCUT2D eigenvalue weighted by molar-refractivity contribution is 6.11. The summed E-state index contributed by atoms with van der Waals surface area (Å²) < 4.78 is 0. The van der Waals surface area contributed by atoms with E-state index in [9.17, 15) is 0 Å². The predicted octanol–water partition coefficient (Wildman–Crippen LogP) is 12.2. The van der Waals surface area contributed by atoms with Crippen molar-refractivity contribution in [2.24, 2.45) is 0 Å². The van der Waals surface area contributed by atoms with Gasteiger partial charge >= 0.3 is 0 Å². The zero-order chi connectivity index (χ0) is 34.7. The molecule has 52 heavy (non-hydrogen) atoms. The van der Waals surface area contributed by atoms with Crippen LogP contribution in [0.5, 0.6) is 0 Å². The van der Waals surface area contributed by atoms with Crippen LogP contribution in [0.25, 0.3) is 88.2 Å². The number of pyridine rings is 4. The van der Waals surface area contributed by atoms with Crippen LogP contribution in [0.2, 0.25) is 0 Å². The van der Waals surface area contributed by atoms with E-state index in [0.29, 0.717) is 0 Å². The van der Waals surface area contributed by atoms with Crippen LogP contribution in [0.4, 0.5) is 0 Å². The number of hydrogen-bond donors (Lipinski definition) is 0. The highest BCUT2D eigenvalue weighted by Gasteiger charge is 2.14. The molecule has 0 radical (unpaired) electrons. The van der Waals surface area contributed by atoms with Crippen LogP contribution in [-0.2, 0) is 0 Å². The Morgan fingerprint density at radius 1 is 0.288 bits per heavy atom. The van der Waals surface area contributed by atoms with E-state index in [-0.39, 0.29) is 0 Å². The van der Waals surface area contributed by atoms with Gasteiger partial charge in [0.2, 0.25) is 0 Å². The number of hydrogen-bond acceptors (Lipinski definition) is 4. The molecule has 0 fully saturated rings. The summed E-state index contributed by atoms with van der Waals surface area (Å²) in [4.78, 5) is 19.0. The molecule has 4 heterocycles. The van der Waals surface area contributed by atoms with Crippen molar-refractivity contribution in [3.05, 3.63) is 195 Å². The molecule has 0 unspecified atom stereocenters. The molecule has 0 bridgehead atoms. The maximum Gasteiger partial charge on any atom is 0.0972 e. The van der Waals surface area contributed by atoms with Crippen molar-refractivity contribution in [2.75, 3.05) is 0 Å². The third-order valence-electron chi connectivity index (χ3n) is 9.48. The average Bonchev–Trinajstić information content (AvgIpc) is 3.24. The summed E-state index contributed by atoms with van der Waals surface area (Å²) in [5.41, 5.74) is 12.9. The van der Waals surface area contributed by atoms with Crippen molar-refractivity contribution in [1.82, 2.24) is 19.9 Å². The van der Waals surface area contributed by atoms with E-state index < -0.39 is 0 Å². The van der Waals surface area contributed by atoms with Crippen LogP contribution in [-0.4, -0.2) is 19.9 Å². The molecule has 4 heteroatoms. The smallest absolute Gasteiger partial charge is 0.0972 e. The van der Waals surface area contributed by atoms with Crippen LogP contribution in [0, 0.1) is 0 Å². The Hall–Kier alpha value is -7.04. The summed E-state index contributed by atoms with van der Waals surface area (Å²) in [6.45, 7) is 0. The fraction of sp³-hybridized carbons (Fsp3) is 0. The summed E-state index contributed by atoms with van der Waals surface area (Å²) in [5, 5.41) is 4.47.